The number of aliphatic hydroxyl groups excluding tert-OH is 10. The summed E-state index contributed by atoms with van der Waals surface area (Å²) in [6, 6.07) is 0. The first-order valence-electron chi connectivity index (χ1n) is 24.2. The molecule has 0 aromatic carbocycles. The molecule has 17 heteroatoms. The number of rotatable bonds is 9. The van der Waals surface area contributed by atoms with Crippen LogP contribution in [0.4, 0.5) is 0 Å². The summed E-state index contributed by atoms with van der Waals surface area (Å²) < 4.78 is 34.8. The highest BCUT2D eigenvalue weighted by atomic mass is 16.8. The van der Waals surface area contributed by atoms with Gasteiger partial charge in [-0.15, -0.1) is 0 Å². The zero-order chi connectivity index (χ0) is 47.5. The van der Waals surface area contributed by atoms with Gasteiger partial charge in [-0.25, -0.2) is 0 Å². The molecule has 0 aromatic rings. The lowest BCUT2D eigenvalue weighted by molar-refractivity contribution is -0.361. The molecule has 3 aliphatic heterocycles. The minimum absolute atomic E-state index is 0.00379. The Morgan fingerprint density at radius 2 is 1.29 bits per heavy atom. The van der Waals surface area contributed by atoms with Gasteiger partial charge in [-0.05, 0) is 129 Å². The van der Waals surface area contributed by atoms with Gasteiger partial charge < -0.3 is 79.5 Å². The molecule has 0 spiro atoms. The van der Waals surface area contributed by atoms with Crippen LogP contribution in [-0.2, 0) is 33.2 Å². The minimum atomic E-state index is -1.84. The maximum atomic E-state index is 15.0. The molecule has 25 atom stereocenters. The summed E-state index contributed by atoms with van der Waals surface area (Å²) >= 11 is 0. The van der Waals surface area contributed by atoms with E-state index in [-0.39, 0.29) is 45.5 Å². The van der Waals surface area contributed by atoms with E-state index in [2.05, 4.69) is 41.2 Å². The molecule has 3 heterocycles. The van der Waals surface area contributed by atoms with Crippen molar-refractivity contribution in [2.24, 2.45) is 56.7 Å². The number of ether oxygens (including phenoxy) is 6. The number of hydrogen-bond acceptors (Lipinski definition) is 17. The summed E-state index contributed by atoms with van der Waals surface area (Å²) in [6.45, 7) is 18.5. The third-order valence-corrected chi connectivity index (χ3v) is 19.7. The van der Waals surface area contributed by atoms with E-state index in [1.807, 2.05) is 6.92 Å². The summed E-state index contributed by atoms with van der Waals surface area (Å²) in [5.74, 6) is 0.544. The topological polar surface area (TPSA) is 275 Å². The number of fused-ring (bicyclic) bond motifs is 7. The van der Waals surface area contributed by atoms with Gasteiger partial charge in [-0.1, -0.05) is 46.8 Å². The molecule has 17 nitrogen and oxygen atoms in total. The molecule has 8 fully saturated rings. The maximum Gasteiger partial charge on any atom is 0.314 e. The zero-order valence-corrected chi connectivity index (χ0v) is 39.1. The Morgan fingerprint density at radius 3 is 1.97 bits per heavy atom. The lowest BCUT2D eigenvalue weighted by Gasteiger charge is -2.72. The average molecular weight is 927 g/mol. The predicted octanol–water partition coefficient (Wildman–Crippen LogP) is 1.02. The molecular formula is C48H78O17. The van der Waals surface area contributed by atoms with E-state index in [4.69, 9.17) is 28.4 Å². The molecule has 65 heavy (non-hydrogen) atoms. The second-order valence-electron chi connectivity index (χ2n) is 23.0. The Balaban J connectivity index is 0.962. The van der Waals surface area contributed by atoms with E-state index in [1.165, 1.54) is 6.92 Å². The highest BCUT2D eigenvalue weighted by Gasteiger charge is 2.72. The highest BCUT2D eigenvalue weighted by molar-refractivity contribution is 5.78. The number of allylic oxidation sites excluding steroid dienone is 1. The quantitative estimate of drug-likeness (QED) is 0.114. The molecule has 5 saturated carbocycles. The van der Waals surface area contributed by atoms with Crippen molar-refractivity contribution in [1.29, 1.82) is 0 Å². The predicted molar refractivity (Wildman–Crippen MR) is 229 cm³/mol. The monoisotopic (exact) mass is 927 g/mol. The van der Waals surface area contributed by atoms with Gasteiger partial charge in [0.1, 0.15) is 67.1 Å². The van der Waals surface area contributed by atoms with Crippen molar-refractivity contribution in [2.45, 2.75) is 211 Å². The van der Waals surface area contributed by atoms with Gasteiger partial charge in [0.15, 0.2) is 12.6 Å². The summed E-state index contributed by atoms with van der Waals surface area (Å²) in [4.78, 5) is 15.0. The van der Waals surface area contributed by atoms with Crippen LogP contribution < -0.4 is 0 Å². The second kappa shape index (κ2) is 17.8. The van der Waals surface area contributed by atoms with E-state index < -0.39 is 117 Å². The molecule has 1 unspecified atom stereocenters. The normalized spacial score (nSPS) is 55.2. The lowest BCUT2D eigenvalue weighted by Crippen LogP contribution is -2.67. The fourth-order valence-corrected chi connectivity index (χ4v) is 15.7. The van der Waals surface area contributed by atoms with Gasteiger partial charge in [0.05, 0.1) is 30.8 Å². The van der Waals surface area contributed by atoms with E-state index >= 15 is 0 Å². The molecule has 10 N–H and O–H groups in total. The lowest BCUT2D eigenvalue weighted by atomic mass is 9.32. The molecule has 5 aliphatic carbocycles. The van der Waals surface area contributed by atoms with E-state index in [9.17, 15) is 55.9 Å². The Hall–Kier alpha value is -1.39. The average Bonchev–Trinajstić information content (AvgIpc) is 3.67. The van der Waals surface area contributed by atoms with Crippen LogP contribution in [-0.4, -0.2) is 168 Å². The van der Waals surface area contributed by atoms with Crippen molar-refractivity contribution in [2.75, 3.05) is 13.2 Å². The molecular weight excluding hydrogens is 849 g/mol. The highest BCUT2D eigenvalue weighted by Crippen LogP contribution is 2.77. The Morgan fingerprint density at radius 1 is 0.646 bits per heavy atom. The SMILES string of the molecule is C=C(C)[C@@H]1CC[C@]2(C(=O)O[C@@H]3O[C@H](CO[C@@H]4O[C@H](CO)[C@H](OC5O[C@@H](C)[C@H](O)[C@@H](O)[C@H]5O)[C@H](O)[C@H]4O)[C@H](O)[C@H](O)[C@H]3O)CC[C@]3(C)[C@H](CC[C@@H]4[C@@]5(C)CC[C@@H](O)C(C)(C)[C@@H]5CC[C@]43C)[C@@H]12. The number of carbonyl (C=O) groups is 1. The summed E-state index contributed by atoms with van der Waals surface area (Å²) in [5.41, 5.74) is -0.0485. The third-order valence-electron chi connectivity index (χ3n) is 19.7. The van der Waals surface area contributed by atoms with Crippen molar-refractivity contribution < 1.29 is 84.3 Å². The van der Waals surface area contributed by atoms with Crippen LogP contribution in [0, 0.1) is 56.7 Å². The largest absolute Gasteiger partial charge is 0.432 e. The van der Waals surface area contributed by atoms with Crippen LogP contribution in [0.3, 0.4) is 0 Å². The van der Waals surface area contributed by atoms with Gasteiger partial charge in [0, 0.05) is 0 Å². The van der Waals surface area contributed by atoms with Crippen LogP contribution >= 0.6 is 0 Å². The molecule has 372 valence electrons. The number of carbonyl (C=O) groups excluding carboxylic acids is 1. The molecule has 0 aromatic heterocycles. The van der Waals surface area contributed by atoms with Gasteiger partial charge in [-0.2, -0.15) is 0 Å². The van der Waals surface area contributed by atoms with Gasteiger partial charge >= 0.3 is 5.97 Å². The number of esters is 1. The molecule has 0 bridgehead atoms. The van der Waals surface area contributed by atoms with E-state index in [1.54, 1.807) is 0 Å². The Bertz CT molecular complexity index is 1750. The van der Waals surface area contributed by atoms with Gasteiger partial charge in [0.2, 0.25) is 6.29 Å². The fourth-order valence-electron chi connectivity index (χ4n) is 15.7. The number of aliphatic hydroxyl groups is 10. The number of hydrogen-bond donors (Lipinski definition) is 10. The summed E-state index contributed by atoms with van der Waals surface area (Å²) in [5, 5.41) is 108. The standard InChI is InChI=1S/C48H78O17/c1-21(2)23-11-16-48(18-17-46(7)24(30(23)48)9-10-28-45(6)14-13-29(50)44(4,5)27(45)12-15-47(28,46)8)43(59)65-42-37(57)34(54)32(52)26(63-42)20-60-40-38(58)35(55)39(25(19-49)62-40)64-41-36(56)33(53)31(51)22(3)61-41/h22-42,49-58H,1,9-20H2,2-8H3/t22-,23-,24+,25+,26+,27-,28+,29+,30+,31-,32-,33+,34-,35+,36+,37+,38+,39-,40+,41?,42-,45-,46+,47+,48-/m0/s1. The first kappa shape index (κ1) is 50.0. The van der Waals surface area contributed by atoms with Crippen LogP contribution in [0.15, 0.2) is 12.2 Å². The maximum absolute atomic E-state index is 15.0. The van der Waals surface area contributed by atoms with Crippen LogP contribution in [0.2, 0.25) is 0 Å². The van der Waals surface area contributed by atoms with Gasteiger partial charge in [-0.3, -0.25) is 4.79 Å². The van der Waals surface area contributed by atoms with E-state index in [0.29, 0.717) is 24.7 Å². The zero-order valence-electron chi connectivity index (χ0n) is 39.1. The minimum Gasteiger partial charge on any atom is -0.432 e. The van der Waals surface area contributed by atoms with Crippen molar-refractivity contribution in [1.82, 2.24) is 0 Å². The first-order chi connectivity index (χ1) is 30.4. The molecule has 0 radical (unpaired) electrons. The van der Waals surface area contributed by atoms with Crippen LogP contribution in [0.25, 0.3) is 0 Å². The van der Waals surface area contributed by atoms with Gasteiger partial charge in [0.25, 0.3) is 0 Å². The van der Waals surface area contributed by atoms with Crippen molar-refractivity contribution in [3.63, 3.8) is 0 Å². The summed E-state index contributed by atoms with van der Waals surface area (Å²) in [7, 11) is 0. The third kappa shape index (κ3) is 7.72. The Labute approximate surface area is 382 Å². The van der Waals surface area contributed by atoms with Crippen molar-refractivity contribution in [3.05, 3.63) is 12.2 Å². The van der Waals surface area contributed by atoms with E-state index in [0.717, 1.165) is 56.9 Å². The molecule has 8 rings (SSSR count). The first-order valence-corrected chi connectivity index (χ1v) is 24.2. The molecule has 0 amide bonds. The smallest absolute Gasteiger partial charge is 0.314 e. The van der Waals surface area contributed by atoms with Crippen molar-refractivity contribution >= 4 is 5.97 Å². The summed E-state index contributed by atoms with van der Waals surface area (Å²) in [6.07, 6.45) is -15.7. The molecule has 3 saturated heterocycles. The van der Waals surface area contributed by atoms with Crippen LogP contribution in [0.1, 0.15) is 113 Å². The second-order valence-corrected chi connectivity index (χ2v) is 23.0. The Kier molecular flexibility index (Phi) is 13.7. The molecule has 8 aliphatic rings. The van der Waals surface area contributed by atoms with Crippen LogP contribution in [0.5, 0.6) is 0 Å². The van der Waals surface area contributed by atoms with Crippen molar-refractivity contribution in [3.8, 4) is 0 Å². The fraction of sp³-hybridized carbons (Fsp3) is 0.938.